The van der Waals surface area contributed by atoms with Crippen molar-refractivity contribution in [2.75, 3.05) is 38.5 Å². The number of aliphatic imine (C=N–C) groups is 1. The molecule has 0 unspecified atom stereocenters. The molecular formula is C18H29IN4O3S. The third-order valence-electron chi connectivity index (χ3n) is 4.16. The van der Waals surface area contributed by atoms with Gasteiger partial charge in [0.1, 0.15) is 6.54 Å². The van der Waals surface area contributed by atoms with Gasteiger partial charge < -0.3 is 15.5 Å². The fourth-order valence-electron chi connectivity index (χ4n) is 2.77. The maximum Gasteiger partial charge on any atom is 0.244 e. The fourth-order valence-corrected chi connectivity index (χ4v) is 4.10. The summed E-state index contributed by atoms with van der Waals surface area (Å²) in [6.07, 6.45) is 2.58. The summed E-state index contributed by atoms with van der Waals surface area (Å²) >= 11 is 0. The zero-order chi connectivity index (χ0) is 18.8. The number of guanidine groups is 1. The molecule has 1 amide bonds. The SMILES string of the molecule is CCNC(=NCC(=O)N1CCCC1)NCCCS(=O)(=O)c1ccccc1.I. The van der Waals surface area contributed by atoms with Crippen molar-refractivity contribution in [3.05, 3.63) is 30.3 Å². The van der Waals surface area contributed by atoms with Crippen LogP contribution in [-0.4, -0.2) is 63.7 Å². The third kappa shape index (κ3) is 8.04. The minimum absolute atomic E-state index is 0. The molecule has 1 fully saturated rings. The first-order valence-electron chi connectivity index (χ1n) is 9.10. The lowest BCUT2D eigenvalue weighted by Gasteiger charge is -2.15. The molecule has 1 aliphatic heterocycles. The summed E-state index contributed by atoms with van der Waals surface area (Å²) in [6.45, 7) is 4.82. The molecule has 0 aromatic heterocycles. The van der Waals surface area contributed by atoms with Gasteiger partial charge in [-0.2, -0.15) is 0 Å². The summed E-state index contributed by atoms with van der Waals surface area (Å²) < 4.78 is 24.5. The second-order valence-electron chi connectivity index (χ2n) is 6.20. The number of amides is 1. The number of hydrogen-bond acceptors (Lipinski definition) is 4. The van der Waals surface area contributed by atoms with Crippen molar-refractivity contribution in [1.82, 2.24) is 15.5 Å². The molecular weight excluding hydrogens is 479 g/mol. The van der Waals surface area contributed by atoms with Gasteiger partial charge in [0.25, 0.3) is 0 Å². The molecule has 1 saturated heterocycles. The number of carbonyl (C=O) groups is 1. The highest BCUT2D eigenvalue weighted by atomic mass is 127. The Morgan fingerprint density at radius 2 is 1.81 bits per heavy atom. The van der Waals surface area contributed by atoms with E-state index < -0.39 is 9.84 Å². The van der Waals surface area contributed by atoms with E-state index in [1.54, 1.807) is 30.3 Å². The Balaban J connectivity index is 0.00000364. The highest BCUT2D eigenvalue weighted by molar-refractivity contribution is 14.0. The number of halogens is 1. The number of hydrogen-bond donors (Lipinski definition) is 2. The molecule has 0 aliphatic carbocycles. The van der Waals surface area contributed by atoms with Crippen LogP contribution in [0.15, 0.2) is 40.2 Å². The Kier molecular flexibility index (Phi) is 10.7. The van der Waals surface area contributed by atoms with Gasteiger partial charge in [-0.3, -0.25) is 4.79 Å². The van der Waals surface area contributed by atoms with E-state index in [4.69, 9.17) is 0 Å². The Labute approximate surface area is 178 Å². The first kappa shape index (κ1) is 23.7. The van der Waals surface area contributed by atoms with Gasteiger partial charge in [-0.25, -0.2) is 13.4 Å². The molecule has 0 bridgehead atoms. The second-order valence-corrected chi connectivity index (χ2v) is 8.30. The van der Waals surface area contributed by atoms with Crippen LogP contribution < -0.4 is 10.6 Å². The highest BCUT2D eigenvalue weighted by Gasteiger charge is 2.17. The number of carbonyl (C=O) groups excluding carboxylic acids is 1. The van der Waals surface area contributed by atoms with Crippen LogP contribution in [-0.2, 0) is 14.6 Å². The molecule has 0 saturated carbocycles. The Bertz CT molecular complexity index is 705. The van der Waals surface area contributed by atoms with Crippen LogP contribution in [0.1, 0.15) is 26.2 Å². The molecule has 2 rings (SSSR count). The second kappa shape index (κ2) is 12.2. The van der Waals surface area contributed by atoms with Crippen molar-refractivity contribution in [3.8, 4) is 0 Å². The van der Waals surface area contributed by atoms with Gasteiger partial charge in [-0.15, -0.1) is 24.0 Å². The molecule has 1 aromatic carbocycles. The van der Waals surface area contributed by atoms with Crippen molar-refractivity contribution in [2.45, 2.75) is 31.1 Å². The van der Waals surface area contributed by atoms with Gasteiger partial charge in [-0.05, 0) is 38.3 Å². The first-order valence-corrected chi connectivity index (χ1v) is 10.8. The number of rotatable bonds is 8. The molecule has 0 atom stereocenters. The number of nitrogens with zero attached hydrogens (tertiary/aromatic N) is 2. The first-order chi connectivity index (χ1) is 12.5. The molecule has 0 spiro atoms. The van der Waals surface area contributed by atoms with Crippen LogP contribution in [0.5, 0.6) is 0 Å². The van der Waals surface area contributed by atoms with Crippen LogP contribution in [0, 0.1) is 0 Å². The van der Waals surface area contributed by atoms with E-state index >= 15 is 0 Å². The average molecular weight is 508 g/mol. The predicted molar refractivity (Wildman–Crippen MR) is 118 cm³/mol. The largest absolute Gasteiger partial charge is 0.357 e. The lowest BCUT2D eigenvalue weighted by atomic mass is 10.4. The number of sulfone groups is 1. The summed E-state index contributed by atoms with van der Waals surface area (Å²) in [4.78, 5) is 18.5. The van der Waals surface area contributed by atoms with Crippen LogP contribution in [0.25, 0.3) is 0 Å². The molecule has 1 heterocycles. The smallest absolute Gasteiger partial charge is 0.244 e. The van der Waals surface area contributed by atoms with Crippen molar-refractivity contribution >= 4 is 45.7 Å². The van der Waals surface area contributed by atoms with Gasteiger partial charge in [0.2, 0.25) is 5.91 Å². The third-order valence-corrected chi connectivity index (χ3v) is 5.98. The number of benzene rings is 1. The van der Waals surface area contributed by atoms with Crippen molar-refractivity contribution in [2.24, 2.45) is 4.99 Å². The molecule has 7 nitrogen and oxygen atoms in total. The van der Waals surface area contributed by atoms with Gasteiger partial charge in [0.15, 0.2) is 15.8 Å². The number of nitrogens with one attached hydrogen (secondary N) is 2. The van der Waals surface area contributed by atoms with Crippen LogP contribution >= 0.6 is 24.0 Å². The fraction of sp³-hybridized carbons (Fsp3) is 0.556. The van der Waals surface area contributed by atoms with Crippen LogP contribution in [0.2, 0.25) is 0 Å². The molecule has 2 N–H and O–H groups in total. The molecule has 0 radical (unpaired) electrons. The monoisotopic (exact) mass is 508 g/mol. The zero-order valence-electron chi connectivity index (χ0n) is 15.7. The van der Waals surface area contributed by atoms with Crippen LogP contribution in [0.4, 0.5) is 0 Å². The van der Waals surface area contributed by atoms with E-state index in [1.807, 2.05) is 11.8 Å². The summed E-state index contributed by atoms with van der Waals surface area (Å²) in [6, 6.07) is 8.45. The average Bonchev–Trinajstić information content (AvgIpc) is 3.18. The molecule has 152 valence electrons. The van der Waals surface area contributed by atoms with Crippen molar-refractivity contribution < 1.29 is 13.2 Å². The zero-order valence-corrected chi connectivity index (χ0v) is 18.8. The molecule has 1 aromatic rings. The van der Waals surface area contributed by atoms with E-state index in [0.29, 0.717) is 30.4 Å². The van der Waals surface area contributed by atoms with E-state index in [1.165, 1.54) is 0 Å². The maximum atomic E-state index is 12.2. The minimum atomic E-state index is -3.27. The lowest BCUT2D eigenvalue weighted by Crippen LogP contribution is -2.39. The van der Waals surface area contributed by atoms with Gasteiger partial charge >= 0.3 is 0 Å². The topological polar surface area (TPSA) is 90.9 Å². The Morgan fingerprint density at radius 3 is 2.44 bits per heavy atom. The Morgan fingerprint density at radius 1 is 1.15 bits per heavy atom. The minimum Gasteiger partial charge on any atom is -0.357 e. The number of likely N-dealkylation sites (tertiary alicyclic amines) is 1. The van der Waals surface area contributed by atoms with E-state index in [-0.39, 0.29) is 42.2 Å². The van der Waals surface area contributed by atoms with Gasteiger partial charge in [0.05, 0.1) is 10.6 Å². The summed E-state index contributed by atoms with van der Waals surface area (Å²) in [5.41, 5.74) is 0. The quantitative estimate of drug-likeness (QED) is 0.241. The molecule has 1 aliphatic rings. The summed E-state index contributed by atoms with van der Waals surface area (Å²) in [5.74, 6) is 0.638. The van der Waals surface area contributed by atoms with Crippen LogP contribution in [0.3, 0.4) is 0 Å². The standard InChI is InChI=1S/C18H28N4O3S.HI/c1-2-19-18(21-15-17(23)22-12-6-7-13-22)20-11-8-14-26(24,25)16-9-4-3-5-10-16;/h3-5,9-10H,2,6-8,11-15H2,1H3,(H2,19,20,21);1H. The van der Waals surface area contributed by atoms with Gasteiger partial charge in [0, 0.05) is 26.2 Å². The van der Waals surface area contributed by atoms with E-state index in [2.05, 4.69) is 15.6 Å². The van der Waals surface area contributed by atoms with Crippen molar-refractivity contribution in [1.29, 1.82) is 0 Å². The normalized spacial score (nSPS) is 14.6. The molecule has 9 heteroatoms. The predicted octanol–water partition coefficient (Wildman–Crippen LogP) is 1.65. The van der Waals surface area contributed by atoms with E-state index in [0.717, 1.165) is 25.9 Å². The summed E-state index contributed by atoms with van der Waals surface area (Å²) in [7, 11) is -3.27. The van der Waals surface area contributed by atoms with Crippen molar-refractivity contribution in [3.63, 3.8) is 0 Å². The summed E-state index contributed by atoms with van der Waals surface area (Å²) in [5, 5.41) is 6.17. The van der Waals surface area contributed by atoms with E-state index in [9.17, 15) is 13.2 Å². The lowest BCUT2D eigenvalue weighted by molar-refractivity contribution is -0.128. The van der Waals surface area contributed by atoms with Gasteiger partial charge in [-0.1, -0.05) is 18.2 Å². The highest BCUT2D eigenvalue weighted by Crippen LogP contribution is 2.10. The molecule has 27 heavy (non-hydrogen) atoms. The maximum absolute atomic E-state index is 12.2. The Hall–Kier alpha value is -1.36.